The molecule has 0 radical (unpaired) electrons. The molecule has 0 aromatic heterocycles. The molecule has 1 heterocycles. The Morgan fingerprint density at radius 2 is 2.00 bits per heavy atom. The minimum absolute atomic E-state index is 0.0885. The van der Waals surface area contributed by atoms with Crippen molar-refractivity contribution in [3.63, 3.8) is 0 Å². The number of amides is 1. The van der Waals surface area contributed by atoms with Gasteiger partial charge in [0, 0.05) is 29.1 Å². The highest BCUT2D eigenvalue weighted by Gasteiger charge is 2.25. The predicted molar refractivity (Wildman–Crippen MR) is 94.9 cm³/mol. The van der Waals surface area contributed by atoms with E-state index in [1.165, 1.54) is 0 Å². The number of carbonyl (C=O) groups excluding carboxylic acids is 1. The van der Waals surface area contributed by atoms with E-state index in [4.69, 9.17) is 5.21 Å². The van der Waals surface area contributed by atoms with E-state index >= 15 is 0 Å². The van der Waals surface area contributed by atoms with E-state index in [1.807, 2.05) is 48.5 Å². The monoisotopic (exact) mass is 370 g/mol. The maximum Gasteiger partial charge on any atom is 0.251 e. The molecule has 0 bridgehead atoms. The van der Waals surface area contributed by atoms with Crippen molar-refractivity contribution in [2.75, 3.05) is 11.4 Å². The number of halogens is 1. The summed E-state index contributed by atoms with van der Waals surface area (Å²) in [5, 5.41) is 12.5. The zero-order valence-corrected chi connectivity index (χ0v) is 13.9. The Hall–Kier alpha value is -2.40. The normalized spacial score (nSPS) is 15.9. The number of hydrogen-bond donors (Lipinski definition) is 1. The Morgan fingerprint density at radius 1 is 1.22 bits per heavy atom. The van der Waals surface area contributed by atoms with Crippen LogP contribution in [0.5, 0.6) is 0 Å². The molecule has 3 rings (SSSR count). The zero-order chi connectivity index (χ0) is 16.2. The van der Waals surface area contributed by atoms with Gasteiger partial charge in [0.25, 0.3) is 5.91 Å². The summed E-state index contributed by atoms with van der Waals surface area (Å²) in [6, 6.07) is 15.3. The first-order chi connectivity index (χ1) is 11.2. The SMILES string of the molecule is O=C(/C=C/c1ccccc1)N1CCC(=NO)c2cc(Br)ccc21. The molecule has 0 spiro atoms. The highest BCUT2D eigenvalue weighted by molar-refractivity contribution is 9.10. The third kappa shape index (κ3) is 3.35. The van der Waals surface area contributed by atoms with Crippen LogP contribution in [0.3, 0.4) is 0 Å². The van der Waals surface area contributed by atoms with Gasteiger partial charge in [0.05, 0.1) is 11.4 Å². The molecule has 1 amide bonds. The molecule has 116 valence electrons. The average molecular weight is 371 g/mol. The van der Waals surface area contributed by atoms with Crippen molar-refractivity contribution in [1.29, 1.82) is 0 Å². The number of hydrogen-bond acceptors (Lipinski definition) is 3. The Kier molecular flexibility index (Phi) is 4.57. The van der Waals surface area contributed by atoms with E-state index in [-0.39, 0.29) is 5.91 Å². The van der Waals surface area contributed by atoms with E-state index in [1.54, 1.807) is 17.1 Å². The van der Waals surface area contributed by atoms with Crippen LogP contribution in [-0.2, 0) is 4.79 Å². The molecule has 5 heteroatoms. The van der Waals surface area contributed by atoms with Gasteiger partial charge in [-0.05, 0) is 29.8 Å². The van der Waals surface area contributed by atoms with Crippen molar-refractivity contribution in [2.45, 2.75) is 6.42 Å². The van der Waals surface area contributed by atoms with Crippen LogP contribution < -0.4 is 4.90 Å². The lowest BCUT2D eigenvalue weighted by Crippen LogP contribution is -2.36. The fourth-order valence-electron chi connectivity index (χ4n) is 2.60. The molecule has 4 nitrogen and oxygen atoms in total. The third-order valence-corrected chi connectivity index (χ3v) is 4.23. The maximum absolute atomic E-state index is 12.5. The lowest BCUT2D eigenvalue weighted by Gasteiger charge is -2.29. The van der Waals surface area contributed by atoms with Gasteiger partial charge in [-0.3, -0.25) is 4.79 Å². The molecule has 0 unspecified atom stereocenters. The number of benzene rings is 2. The molecule has 0 atom stereocenters. The van der Waals surface area contributed by atoms with Gasteiger partial charge >= 0.3 is 0 Å². The summed E-state index contributed by atoms with van der Waals surface area (Å²) in [5.74, 6) is -0.0885. The lowest BCUT2D eigenvalue weighted by molar-refractivity contribution is -0.114. The van der Waals surface area contributed by atoms with Crippen LogP contribution in [0.1, 0.15) is 17.5 Å². The van der Waals surface area contributed by atoms with Gasteiger partial charge in [0.15, 0.2) is 0 Å². The summed E-state index contributed by atoms with van der Waals surface area (Å²) in [6.07, 6.45) is 3.89. The molecule has 1 aliphatic rings. The fraction of sp³-hybridized carbons (Fsp3) is 0.111. The molecule has 1 N–H and O–H groups in total. The number of fused-ring (bicyclic) bond motifs is 1. The van der Waals surface area contributed by atoms with Gasteiger partial charge < -0.3 is 10.1 Å². The quantitative estimate of drug-likeness (QED) is 0.491. The topological polar surface area (TPSA) is 52.9 Å². The van der Waals surface area contributed by atoms with Crippen molar-refractivity contribution in [1.82, 2.24) is 0 Å². The number of oxime groups is 1. The molecule has 0 fully saturated rings. The number of rotatable bonds is 2. The first-order valence-corrected chi connectivity index (χ1v) is 8.04. The Bertz CT molecular complexity index is 785. The second kappa shape index (κ2) is 6.79. The van der Waals surface area contributed by atoms with E-state index in [0.29, 0.717) is 18.7 Å². The van der Waals surface area contributed by atoms with Crippen LogP contribution in [0.4, 0.5) is 5.69 Å². The van der Waals surface area contributed by atoms with Crippen LogP contribution in [0, 0.1) is 0 Å². The van der Waals surface area contributed by atoms with Crippen LogP contribution in [0.2, 0.25) is 0 Å². The van der Waals surface area contributed by atoms with Gasteiger partial charge in [-0.15, -0.1) is 0 Å². The Morgan fingerprint density at radius 3 is 2.74 bits per heavy atom. The average Bonchev–Trinajstić information content (AvgIpc) is 2.59. The number of carbonyl (C=O) groups is 1. The van der Waals surface area contributed by atoms with Crippen LogP contribution in [-0.4, -0.2) is 23.4 Å². The van der Waals surface area contributed by atoms with Gasteiger partial charge in [-0.1, -0.05) is 51.4 Å². The van der Waals surface area contributed by atoms with Crippen LogP contribution >= 0.6 is 15.9 Å². The molecule has 2 aromatic rings. The second-order valence-corrected chi connectivity index (χ2v) is 6.11. The summed E-state index contributed by atoms with van der Waals surface area (Å²) < 4.78 is 0.881. The standard InChI is InChI=1S/C18H15BrN2O2/c19-14-7-8-17-15(12-14)16(20-23)10-11-21(17)18(22)9-6-13-4-2-1-3-5-13/h1-9,12,23H,10-11H2/b9-6+,20-16?. The highest BCUT2D eigenvalue weighted by Crippen LogP contribution is 2.30. The summed E-state index contributed by atoms with van der Waals surface area (Å²) in [4.78, 5) is 14.2. The van der Waals surface area contributed by atoms with E-state index in [0.717, 1.165) is 21.3 Å². The van der Waals surface area contributed by atoms with Crippen LogP contribution in [0.25, 0.3) is 6.08 Å². The second-order valence-electron chi connectivity index (χ2n) is 5.19. The van der Waals surface area contributed by atoms with Gasteiger partial charge in [-0.25, -0.2) is 0 Å². The Balaban J connectivity index is 1.89. The maximum atomic E-state index is 12.5. The molecule has 2 aromatic carbocycles. The summed E-state index contributed by atoms with van der Waals surface area (Å²) in [7, 11) is 0. The molecule has 0 saturated heterocycles. The van der Waals surface area contributed by atoms with Crippen molar-refractivity contribution < 1.29 is 10.0 Å². The molecule has 1 aliphatic heterocycles. The minimum atomic E-state index is -0.0885. The van der Waals surface area contributed by atoms with E-state index < -0.39 is 0 Å². The van der Waals surface area contributed by atoms with Crippen LogP contribution in [0.15, 0.2) is 64.2 Å². The summed E-state index contributed by atoms with van der Waals surface area (Å²) >= 11 is 3.41. The van der Waals surface area contributed by atoms with Crippen molar-refractivity contribution in [3.05, 3.63) is 70.2 Å². The first kappa shape index (κ1) is 15.5. The van der Waals surface area contributed by atoms with Gasteiger partial charge in [0.2, 0.25) is 0 Å². The number of nitrogens with zero attached hydrogens (tertiary/aromatic N) is 2. The predicted octanol–water partition coefficient (Wildman–Crippen LogP) is 4.08. The smallest absolute Gasteiger partial charge is 0.251 e. The molecular weight excluding hydrogens is 356 g/mol. The lowest BCUT2D eigenvalue weighted by atomic mass is 9.99. The zero-order valence-electron chi connectivity index (χ0n) is 12.3. The molecule has 23 heavy (non-hydrogen) atoms. The molecule has 0 saturated carbocycles. The minimum Gasteiger partial charge on any atom is -0.411 e. The van der Waals surface area contributed by atoms with Crippen molar-refractivity contribution in [2.24, 2.45) is 5.16 Å². The van der Waals surface area contributed by atoms with Crippen molar-refractivity contribution in [3.8, 4) is 0 Å². The molecular formula is C18H15BrN2O2. The third-order valence-electron chi connectivity index (χ3n) is 3.74. The number of anilines is 1. The fourth-order valence-corrected chi connectivity index (χ4v) is 2.96. The largest absolute Gasteiger partial charge is 0.411 e. The van der Waals surface area contributed by atoms with Gasteiger partial charge in [-0.2, -0.15) is 0 Å². The van der Waals surface area contributed by atoms with E-state index in [2.05, 4.69) is 21.1 Å². The van der Waals surface area contributed by atoms with Gasteiger partial charge in [0.1, 0.15) is 0 Å². The highest BCUT2D eigenvalue weighted by atomic mass is 79.9. The summed E-state index contributed by atoms with van der Waals surface area (Å²) in [5.41, 5.74) is 3.11. The first-order valence-electron chi connectivity index (χ1n) is 7.24. The Labute approximate surface area is 142 Å². The van der Waals surface area contributed by atoms with Crippen molar-refractivity contribution >= 4 is 39.3 Å². The summed E-state index contributed by atoms with van der Waals surface area (Å²) in [6.45, 7) is 0.492. The molecule has 0 aliphatic carbocycles. The van der Waals surface area contributed by atoms with E-state index in [9.17, 15) is 4.79 Å².